The van der Waals surface area contributed by atoms with E-state index < -0.39 is 17.2 Å². The minimum atomic E-state index is -4.47. The lowest BCUT2D eigenvalue weighted by atomic mass is 10.1. The summed E-state index contributed by atoms with van der Waals surface area (Å²) in [5.41, 5.74) is -0.269. The molecule has 3 rings (SSSR count). The first-order valence-electron chi connectivity index (χ1n) is 5.69. The Morgan fingerprint density at radius 1 is 0.950 bits per heavy atom. The Hall–Kier alpha value is -1.82. The summed E-state index contributed by atoms with van der Waals surface area (Å²) in [7, 11) is 0. The number of aromatic nitrogens is 1. The van der Waals surface area contributed by atoms with Gasteiger partial charge in [0.15, 0.2) is 5.43 Å². The quantitative estimate of drug-likeness (QED) is 0.601. The van der Waals surface area contributed by atoms with Crippen LogP contribution in [0.2, 0.25) is 0 Å². The first-order valence-corrected chi connectivity index (χ1v) is 6.48. The number of fused-ring (bicyclic) bond motifs is 2. The van der Waals surface area contributed by atoms with Crippen molar-refractivity contribution in [2.45, 2.75) is 6.18 Å². The fraction of sp³-hybridized carbons (Fsp3) is 0.0714. The fourth-order valence-corrected chi connectivity index (χ4v) is 2.48. The maximum atomic E-state index is 12.7. The molecule has 0 radical (unpaired) electrons. The van der Waals surface area contributed by atoms with Gasteiger partial charge >= 0.3 is 6.18 Å². The number of H-pyrrole nitrogens is 1. The molecule has 2 nitrogen and oxygen atoms in total. The van der Waals surface area contributed by atoms with Crippen LogP contribution in [0.4, 0.5) is 13.2 Å². The van der Waals surface area contributed by atoms with E-state index in [4.69, 9.17) is 0 Å². The van der Waals surface area contributed by atoms with Gasteiger partial charge in [-0.05, 0) is 36.4 Å². The highest BCUT2D eigenvalue weighted by Crippen LogP contribution is 2.31. The highest BCUT2D eigenvalue weighted by molar-refractivity contribution is 9.10. The van der Waals surface area contributed by atoms with E-state index in [0.29, 0.717) is 20.9 Å². The van der Waals surface area contributed by atoms with E-state index in [2.05, 4.69) is 20.9 Å². The molecule has 0 fully saturated rings. The molecule has 0 aliphatic carbocycles. The fourth-order valence-electron chi connectivity index (χ4n) is 2.12. The lowest BCUT2D eigenvalue weighted by molar-refractivity contribution is -0.137. The lowest BCUT2D eigenvalue weighted by Crippen LogP contribution is -2.09. The van der Waals surface area contributed by atoms with Crippen LogP contribution in [-0.2, 0) is 6.18 Å². The summed E-state index contributed by atoms with van der Waals surface area (Å²) in [6.45, 7) is 0. The molecule has 1 aromatic heterocycles. The van der Waals surface area contributed by atoms with Crippen molar-refractivity contribution in [3.63, 3.8) is 0 Å². The van der Waals surface area contributed by atoms with Crippen LogP contribution in [0.15, 0.2) is 45.7 Å². The number of alkyl halides is 3. The van der Waals surface area contributed by atoms with Gasteiger partial charge in [0, 0.05) is 26.3 Å². The first kappa shape index (κ1) is 13.2. The van der Waals surface area contributed by atoms with Gasteiger partial charge in [-0.15, -0.1) is 0 Å². The number of hydrogen-bond acceptors (Lipinski definition) is 1. The minimum absolute atomic E-state index is 0.0328. The third kappa shape index (κ3) is 2.10. The van der Waals surface area contributed by atoms with Crippen molar-refractivity contribution in [2.75, 3.05) is 0 Å². The summed E-state index contributed by atoms with van der Waals surface area (Å²) in [5.74, 6) is 0. The largest absolute Gasteiger partial charge is 0.416 e. The number of halogens is 4. The van der Waals surface area contributed by atoms with Gasteiger partial charge in [0.05, 0.1) is 5.56 Å². The van der Waals surface area contributed by atoms with E-state index in [1.54, 1.807) is 18.2 Å². The molecule has 0 saturated carbocycles. The highest BCUT2D eigenvalue weighted by Gasteiger charge is 2.30. The zero-order chi connectivity index (χ0) is 14.5. The zero-order valence-corrected chi connectivity index (χ0v) is 11.5. The minimum Gasteiger partial charge on any atom is -0.354 e. The van der Waals surface area contributed by atoms with Gasteiger partial charge in [-0.3, -0.25) is 4.79 Å². The predicted molar refractivity (Wildman–Crippen MR) is 74.8 cm³/mol. The third-order valence-corrected chi connectivity index (χ3v) is 3.58. The van der Waals surface area contributed by atoms with Gasteiger partial charge in [-0.1, -0.05) is 15.9 Å². The van der Waals surface area contributed by atoms with E-state index in [-0.39, 0.29) is 5.39 Å². The van der Waals surface area contributed by atoms with Gasteiger partial charge in [0.25, 0.3) is 0 Å². The zero-order valence-electron chi connectivity index (χ0n) is 9.88. The summed E-state index contributed by atoms with van der Waals surface area (Å²) >= 11 is 3.24. The van der Waals surface area contributed by atoms with Crippen LogP contribution < -0.4 is 5.43 Å². The molecular formula is C14H7BrF3NO. The van der Waals surface area contributed by atoms with E-state index in [0.717, 1.165) is 12.1 Å². The summed E-state index contributed by atoms with van der Waals surface area (Å²) < 4.78 is 38.8. The van der Waals surface area contributed by atoms with Crippen molar-refractivity contribution in [1.82, 2.24) is 4.98 Å². The van der Waals surface area contributed by atoms with Crippen LogP contribution in [0.1, 0.15) is 5.56 Å². The maximum absolute atomic E-state index is 12.7. The lowest BCUT2D eigenvalue weighted by Gasteiger charge is -2.08. The molecule has 1 heterocycles. The van der Waals surface area contributed by atoms with Crippen molar-refractivity contribution in [1.29, 1.82) is 0 Å². The average molecular weight is 342 g/mol. The second-order valence-electron chi connectivity index (χ2n) is 4.40. The monoisotopic (exact) mass is 341 g/mol. The van der Waals surface area contributed by atoms with Gasteiger partial charge in [-0.2, -0.15) is 13.2 Å². The first-order chi connectivity index (χ1) is 9.36. The summed E-state index contributed by atoms with van der Waals surface area (Å²) in [5, 5.41) is 0.386. The van der Waals surface area contributed by atoms with Crippen LogP contribution in [0.5, 0.6) is 0 Å². The standard InChI is InChI=1S/C14H7BrF3NO/c15-8-2-4-12-10(6-8)13(20)9-5-7(14(16,17)18)1-3-11(9)19-12/h1-6H,(H,19,20). The Labute approximate surface area is 119 Å². The van der Waals surface area contributed by atoms with Crippen molar-refractivity contribution in [3.05, 3.63) is 56.7 Å². The van der Waals surface area contributed by atoms with Crippen molar-refractivity contribution in [3.8, 4) is 0 Å². The number of benzene rings is 2. The van der Waals surface area contributed by atoms with E-state index in [1.165, 1.54) is 6.07 Å². The molecule has 0 unspecified atom stereocenters. The van der Waals surface area contributed by atoms with E-state index in [9.17, 15) is 18.0 Å². The van der Waals surface area contributed by atoms with Crippen LogP contribution in [0, 0.1) is 0 Å². The molecule has 3 aromatic rings. The van der Waals surface area contributed by atoms with E-state index in [1.807, 2.05) is 0 Å². The van der Waals surface area contributed by atoms with Crippen LogP contribution in [0.25, 0.3) is 21.8 Å². The van der Waals surface area contributed by atoms with Gasteiger partial charge in [0.2, 0.25) is 0 Å². The van der Waals surface area contributed by atoms with E-state index >= 15 is 0 Å². The summed E-state index contributed by atoms with van der Waals surface area (Å²) in [6.07, 6.45) is -4.47. The smallest absolute Gasteiger partial charge is 0.354 e. The SMILES string of the molecule is O=c1c2cc(Br)ccc2[nH]c2ccc(C(F)(F)F)cc12. The van der Waals surface area contributed by atoms with Crippen molar-refractivity contribution >= 4 is 37.7 Å². The molecule has 0 bridgehead atoms. The van der Waals surface area contributed by atoms with Crippen molar-refractivity contribution < 1.29 is 13.2 Å². The van der Waals surface area contributed by atoms with Gasteiger partial charge in [0.1, 0.15) is 0 Å². The molecule has 2 aromatic carbocycles. The number of aromatic amines is 1. The Bertz CT molecular complexity index is 883. The molecule has 0 amide bonds. The predicted octanol–water partition coefficient (Wildman–Crippen LogP) is 4.46. The number of hydrogen-bond donors (Lipinski definition) is 1. The summed E-state index contributed by atoms with van der Waals surface area (Å²) in [4.78, 5) is 15.3. The number of nitrogens with one attached hydrogen (secondary N) is 1. The molecule has 20 heavy (non-hydrogen) atoms. The second kappa shape index (κ2) is 4.34. The van der Waals surface area contributed by atoms with Gasteiger partial charge < -0.3 is 4.98 Å². The molecule has 102 valence electrons. The molecule has 0 saturated heterocycles. The molecule has 0 atom stereocenters. The molecule has 0 aliphatic heterocycles. The average Bonchev–Trinajstić information content (AvgIpc) is 2.38. The number of pyridine rings is 1. The maximum Gasteiger partial charge on any atom is 0.416 e. The van der Waals surface area contributed by atoms with Gasteiger partial charge in [-0.25, -0.2) is 0 Å². The Kier molecular flexibility index (Phi) is 2.86. The Morgan fingerprint density at radius 3 is 2.20 bits per heavy atom. The Morgan fingerprint density at radius 2 is 1.55 bits per heavy atom. The molecule has 6 heteroatoms. The molecule has 0 aliphatic rings. The van der Waals surface area contributed by atoms with Crippen molar-refractivity contribution in [2.24, 2.45) is 0 Å². The second-order valence-corrected chi connectivity index (χ2v) is 5.32. The molecule has 1 N–H and O–H groups in total. The topological polar surface area (TPSA) is 32.9 Å². The summed E-state index contributed by atoms with van der Waals surface area (Å²) in [6, 6.07) is 8.18. The van der Waals surface area contributed by atoms with Crippen LogP contribution >= 0.6 is 15.9 Å². The normalized spacial score (nSPS) is 12.2. The Balaban J connectivity index is 2.43. The number of rotatable bonds is 0. The third-order valence-electron chi connectivity index (χ3n) is 3.09. The van der Waals surface area contributed by atoms with Crippen LogP contribution in [0.3, 0.4) is 0 Å². The highest BCUT2D eigenvalue weighted by atomic mass is 79.9. The molecular weight excluding hydrogens is 335 g/mol. The molecule has 0 spiro atoms. The van der Waals surface area contributed by atoms with Crippen LogP contribution in [-0.4, -0.2) is 4.98 Å².